The number of aromatic nitrogens is 1. The largest absolute Gasteiger partial charge is 0.481 e. The Morgan fingerprint density at radius 2 is 1.96 bits per heavy atom. The third-order valence-electron chi connectivity index (χ3n) is 4.03. The number of halogens is 1. The molecule has 128 valence electrons. The summed E-state index contributed by atoms with van der Waals surface area (Å²) in [6.45, 7) is 0.509. The van der Waals surface area contributed by atoms with Gasteiger partial charge in [0.25, 0.3) is 0 Å². The average molecular weight is 357 g/mol. The summed E-state index contributed by atoms with van der Waals surface area (Å²) < 4.78 is 1.90. The molecule has 6 heteroatoms. The zero-order chi connectivity index (χ0) is 18.0. The number of fused-ring (bicyclic) bond motifs is 1. The molecule has 0 saturated carbocycles. The molecule has 0 fully saturated rings. The van der Waals surface area contributed by atoms with E-state index >= 15 is 0 Å². The summed E-state index contributed by atoms with van der Waals surface area (Å²) in [5.74, 6) is -0.980. The van der Waals surface area contributed by atoms with E-state index in [9.17, 15) is 9.59 Å². The second-order valence-electron chi connectivity index (χ2n) is 5.85. The van der Waals surface area contributed by atoms with Crippen molar-refractivity contribution in [1.29, 1.82) is 0 Å². The van der Waals surface area contributed by atoms with Crippen LogP contribution < -0.4 is 5.73 Å². The van der Waals surface area contributed by atoms with Gasteiger partial charge < -0.3 is 15.4 Å². The van der Waals surface area contributed by atoms with Crippen LogP contribution in [0.2, 0.25) is 5.02 Å². The van der Waals surface area contributed by atoms with Crippen LogP contribution in [0.15, 0.2) is 48.7 Å². The van der Waals surface area contributed by atoms with E-state index in [2.05, 4.69) is 0 Å². The highest BCUT2D eigenvalue weighted by molar-refractivity contribution is 6.31. The van der Waals surface area contributed by atoms with Crippen LogP contribution in [0.5, 0.6) is 0 Å². The smallest absolute Gasteiger partial charge is 0.303 e. The first kappa shape index (κ1) is 17.0. The zero-order valence-electron chi connectivity index (χ0n) is 13.4. The Kier molecular flexibility index (Phi) is 4.76. The number of carboxylic acid groups (broad SMARTS) is 1. The number of nitrogens with zero attached hydrogens (tertiary/aromatic N) is 1. The molecule has 0 aliphatic heterocycles. The minimum Gasteiger partial charge on any atom is -0.481 e. The fraction of sp³-hybridized carbons (Fsp3) is 0.158. The van der Waals surface area contributed by atoms with Crippen molar-refractivity contribution in [2.45, 2.75) is 19.4 Å². The van der Waals surface area contributed by atoms with Gasteiger partial charge >= 0.3 is 5.97 Å². The van der Waals surface area contributed by atoms with Crippen LogP contribution in [-0.4, -0.2) is 21.4 Å². The molecule has 25 heavy (non-hydrogen) atoms. The molecule has 0 unspecified atom stereocenters. The Balaban J connectivity index is 2.03. The summed E-state index contributed by atoms with van der Waals surface area (Å²) in [5.41, 5.74) is 8.18. The Morgan fingerprint density at radius 3 is 2.68 bits per heavy atom. The zero-order valence-corrected chi connectivity index (χ0v) is 14.2. The molecule has 3 aromatic rings. The van der Waals surface area contributed by atoms with E-state index in [4.69, 9.17) is 22.4 Å². The number of nitrogen functional groups attached to an aromatic ring is 1. The maximum absolute atomic E-state index is 12.9. The fourth-order valence-corrected chi connectivity index (χ4v) is 3.04. The molecule has 0 amide bonds. The molecule has 1 aromatic heterocycles. The lowest BCUT2D eigenvalue weighted by Crippen LogP contribution is -2.03. The van der Waals surface area contributed by atoms with Gasteiger partial charge in [0.1, 0.15) is 0 Å². The lowest BCUT2D eigenvalue weighted by molar-refractivity contribution is -0.137. The van der Waals surface area contributed by atoms with Crippen LogP contribution in [0.4, 0.5) is 5.69 Å². The van der Waals surface area contributed by atoms with Crippen LogP contribution in [0.1, 0.15) is 28.8 Å². The summed E-state index contributed by atoms with van der Waals surface area (Å²) in [6.07, 6.45) is 2.31. The highest BCUT2D eigenvalue weighted by Crippen LogP contribution is 2.27. The first-order valence-electron chi connectivity index (χ1n) is 7.86. The number of carboxylic acids is 1. The van der Waals surface area contributed by atoms with E-state index in [0.717, 1.165) is 10.9 Å². The Labute approximate surface area is 149 Å². The van der Waals surface area contributed by atoms with Crippen molar-refractivity contribution in [3.8, 4) is 0 Å². The highest BCUT2D eigenvalue weighted by Gasteiger charge is 2.17. The van der Waals surface area contributed by atoms with Crippen LogP contribution in [0, 0.1) is 0 Å². The predicted octanol–water partition coefficient (Wildman–Crippen LogP) is 3.97. The molecular formula is C19H17ClN2O3. The van der Waals surface area contributed by atoms with Gasteiger partial charge in [-0.05, 0) is 36.8 Å². The molecule has 2 aromatic carbocycles. The van der Waals surface area contributed by atoms with Crippen molar-refractivity contribution < 1.29 is 14.7 Å². The normalized spacial score (nSPS) is 10.9. The molecule has 1 heterocycles. The number of anilines is 1. The minimum absolute atomic E-state index is 0.0752. The van der Waals surface area contributed by atoms with Gasteiger partial charge in [0.05, 0.1) is 0 Å². The molecule has 0 atom stereocenters. The van der Waals surface area contributed by atoms with Crippen LogP contribution in [0.25, 0.3) is 10.9 Å². The van der Waals surface area contributed by atoms with Gasteiger partial charge in [-0.2, -0.15) is 0 Å². The van der Waals surface area contributed by atoms with E-state index in [-0.39, 0.29) is 12.2 Å². The maximum Gasteiger partial charge on any atom is 0.303 e. The van der Waals surface area contributed by atoms with Crippen molar-refractivity contribution in [1.82, 2.24) is 4.57 Å². The topological polar surface area (TPSA) is 85.3 Å². The van der Waals surface area contributed by atoms with Crippen LogP contribution >= 0.6 is 11.6 Å². The quantitative estimate of drug-likeness (QED) is 0.517. The van der Waals surface area contributed by atoms with Gasteiger partial charge in [-0.1, -0.05) is 23.7 Å². The standard InChI is InChI=1S/C19H17ClN2O3/c20-13-6-7-17-15(10-13)16(11-22(17)8-2-5-18(23)24)19(25)12-3-1-4-14(21)9-12/h1,3-4,6-7,9-11H,2,5,8,21H2,(H,23,24). The number of ketones is 1. The second-order valence-corrected chi connectivity index (χ2v) is 6.29. The first-order valence-corrected chi connectivity index (χ1v) is 8.24. The van der Waals surface area contributed by atoms with Crippen molar-refractivity contribution in [3.63, 3.8) is 0 Å². The average Bonchev–Trinajstić information content (AvgIpc) is 2.91. The Morgan fingerprint density at radius 1 is 1.16 bits per heavy atom. The van der Waals surface area contributed by atoms with Gasteiger partial charge in [0, 0.05) is 51.9 Å². The lowest BCUT2D eigenvalue weighted by Gasteiger charge is -2.03. The summed E-state index contributed by atoms with van der Waals surface area (Å²) in [5, 5.41) is 10.1. The van der Waals surface area contributed by atoms with Crippen molar-refractivity contribution >= 4 is 39.9 Å². The molecule has 0 saturated heterocycles. The number of carbonyl (C=O) groups excluding carboxylic acids is 1. The number of carbonyl (C=O) groups is 2. The SMILES string of the molecule is Nc1cccc(C(=O)c2cn(CCCC(=O)O)c3ccc(Cl)cc23)c1. The summed E-state index contributed by atoms with van der Waals surface area (Å²) in [4.78, 5) is 23.6. The van der Waals surface area contributed by atoms with Gasteiger partial charge in [-0.15, -0.1) is 0 Å². The number of rotatable bonds is 6. The Bertz CT molecular complexity index is 962. The number of aryl methyl sites for hydroxylation is 1. The third kappa shape index (κ3) is 3.67. The Hall–Kier alpha value is -2.79. The van der Waals surface area contributed by atoms with Crippen LogP contribution in [0.3, 0.4) is 0 Å². The van der Waals surface area contributed by atoms with Gasteiger partial charge in [-0.3, -0.25) is 9.59 Å². The van der Waals surface area contributed by atoms with Crippen molar-refractivity contribution in [2.24, 2.45) is 0 Å². The van der Waals surface area contributed by atoms with Crippen LogP contribution in [-0.2, 0) is 11.3 Å². The fourth-order valence-electron chi connectivity index (χ4n) is 2.87. The van der Waals surface area contributed by atoms with Crippen molar-refractivity contribution in [2.75, 3.05) is 5.73 Å². The number of aliphatic carboxylic acids is 1. The summed E-state index contributed by atoms with van der Waals surface area (Å²) in [7, 11) is 0. The van der Waals surface area contributed by atoms with Crippen molar-refractivity contribution in [3.05, 3.63) is 64.8 Å². The monoisotopic (exact) mass is 356 g/mol. The number of nitrogens with two attached hydrogens (primary N) is 1. The lowest BCUT2D eigenvalue weighted by atomic mass is 10.0. The van der Waals surface area contributed by atoms with Gasteiger partial charge in [-0.25, -0.2) is 0 Å². The third-order valence-corrected chi connectivity index (χ3v) is 4.26. The number of hydrogen-bond acceptors (Lipinski definition) is 3. The molecule has 0 bridgehead atoms. The number of benzene rings is 2. The molecule has 0 radical (unpaired) electrons. The molecule has 3 N–H and O–H groups in total. The molecule has 0 aliphatic rings. The predicted molar refractivity (Wildman–Crippen MR) is 98.1 cm³/mol. The molecule has 3 rings (SSSR count). The van der Waals surface area contributed by atoms with Gasteiger partial charge in [0.15, 0.2) is 5.78 Å². The summed E-state index contributed by atoms with van der Waals surface area (Å²) >= 11 is 6.10. The molecule has 0 aliphatic carbocycles. The summed E-state index contributed by atoms with van der Waals surface area (Å²) in [6, 6.07) is 12.2. The molecule has 0 spiro atoms. The van der Waals surface area contributed by atoms with E-state index in [1.165, 1.54) is 0 Å². The van der Waals surface area contributed by atoms with E-state index in [1.54, 1.807) is 42.6 Å². The van der Waals surface area contributed by atoms with E-state index in [0.29, 0.717) is 34.8 Å². The second kappa shape index (κ2) is 6.99. The van der Waals surface area contributed by atoms with Gasteiger partial charge in [0.2, 0.25) is 0 Å². The first-order chi connectivity index (χ1) is 12.0. The molecule has 5 nitrogen and oxygen atoms in total. The molecular weight excluding hydrogens is 340 g/mol. The van der Waals surface area contributed by atoms with E-state index in [1.807, 2.05) is 10.6 Å². The number of hydrogen-bond donors (Lipinski definition) is 2. The minimum atomic E-state index is -0.837. The van der Waals surface area contributed by atoms with E-state index < -0.39 is 5.97 Å². The maximum atomic E-state index is 12.9. The highest BCUT2D eigenvalue weighted by atomic mass is 35.5.